The Morgan fingerprint density at radius 1 is 1.47 bits per heavy atom. The fourth-order valence-electron chi connectivity index (χ4n) is 2.34. The molecule has 2 aromatic rings. The van der Waals surface area contributed by atoms with Crippen molar-refractivity contribution < 1.29 is 0 Å². The van der Waals surface area contributed by atoms with E-state index in [0.29, 0.717) is 6.04 Å². The second-order valence-electron chi connectivity index (χ2n) is 4.59. The zero-order chi connectivity index (χ0) is 11.8. The van der Waals surface area contributed by atoms with E-state index in [0.717, 1.165) is 36.7 Å². The van der Waals surface area contributed by atoms with Crippen LogP contribution in [0.5, 0.6) is 0 Å². The summed E-state index contributed by atoms with van der Waals surface area (Å²) in [5.74, 6) is 0.844. The van der Waals surface area contributed by atoms with Crippen LogP contribution in [0.2, 0.25) is 0 Å². The predicted octanol–water partition coefficient (Wildman–Crippen LogP) is 0.836. The lowest BCUT2D eigenvalue weighted by atomic mass is 10.3. The van der Waals surface area contributed by atoms with Crippen molar-refractivity contribution >= 4 is 11.6 Å². The molecule has 1 fully saturated rings. The van der Waals surface area contributed by atoms with E-state index >= 15 is 0 Å². The van der Waals surface area contributed by atoms with E-state index < -0.39 is 0 Å². The smallest absolute Gasteiger partial charge is 0.245 e. The van der Waals surface area contributed by atoms with Gasteiger partial charge in [0.2, 0.25) is 5.95 Å². The minimum atomic E-state index is 0.558. The van der Waals surface area contributed by atoms with Gasteiger partial charge in [0.15, 0.2) is 5.65 Å². The minimum absolute atomic E-state index is 0.558. The minimum Gasteiger partial charge on any atom is -0.338 e. The van der Waals surface area contributed by atoms with Gasteiger partial charge in [-0.25, -0.2) is 4.52 Å². The molecule has 3 rings (SSSR count). The van der Waals surface area contributed by atoms with Gasteiger partial charge in [-0.3, -0.25) is 0 Å². The average Bonchev–Trinajstić information content (AvgIpc) is 2.95. The number of nitrogens with one attached hydrogen (secondary N) is 1. The van der Waals surface area contributed by atoms with Crippen LogP contribution in [0.1, 0.15) is 12.0 Å². The number of nitrogens with zero attached hydrogens (tertiary/aromatic N) is 4. The number of anilines is 1. The third-order valence-corrected chi connectivity index (χ3v) is 3.43. The summed E-state index contributed by atoms with van der Waals surface area (Å²) in [7, 11) is 2.01. The summed E-state index contributed by atoms with van der Waals surface area (Å²) in [5.41, 5.74) is 2.12. The number of pyridine rings is 1. The first kappa shape index (κ1) is 10.5. The van der Waals surface area contributed by atoms with Crippen molar-refractivity contribution in [1.82, 2.24) is 19.9 Å². The molecule has 0 radical (unpaired) electrons. The lowest BCUT2D eigenvalue weighted by molar-refractivity contribution is 0.616. The summed E-state index contributed by atoms with van der Waals surface area (Å²) in [5, 5.41) is 7.83. The molecule has 3 heterocycles. The fraction of sp³-hybridized carbons (Fsp3) is 0.500. The van der Waals surface area contributed by atoms with Crippen molar-refractivity contribution in [2.45, 2.75) is 19.4 Å². The maximum Gasteiger partial charge on any atom is 0.245 e. The Bertz CT molecular complexity index is 533. The number of hydrogen-bond donors (Lipinski definition) is 1. The molecule has 5 heteroatoms. The van der Waals surface area contributed by atoms with Crippen molar-refractivity contribution in [3.63, 3.8) is 0 Å². The van der Waals surface area contributed by atoms with E-state index in [4.69, 9.17) is 0 Å². The molecule has 1 N–H and O–H groups in total. The molecule has 0 aliphatic carbocycles. The van der Waals surface area contributed by atoms with Gasteiger partial charge in [-0.05, 0) is 32.0 Å². The first-order valence-electron chi connectivity index (χ1n) is 6.02. The number of aromatic nitrogens is 3. The number of aryl methyl sites for hydroxylation is 1. The Morgan fingerprint density at radius 3 is 3.06 bits per heavy atom. The van der Waals surface area contributed by atoms with E-state index in [1.807, 2.05) is 23.8 Å². The molecule has 0 spiro atoms. The molecule has 0 bridgehead atoms. The predicted molar refractivity (Wildman–Crippen MR) is 67.4 cm³/mol. The van der Waals surface area contributed by atoms with Gasteiger partial charge in [0.25, 0.3) is 0 Å². The SMILES string of the molecule is CNC1CCN(c2nc3c(C)cccn3n2)C1. The average molecular weight is 231 g/mol. The van der Waals surface area contributed by atoms with Crippen LogP contribution in [-0.4, -0.2) is 40.8 Å². The molecule has 1 aliphatic heterocycles. The van der Waals surface area contributed by atoms with Crippen molar-refractivity contribution in [3.8, 4) is 0 Å². The topological polar surface area (TPSA) is 45.5 Å². The van der Waals surface area contributed by atoms with E-state index in [1.165, 1.54) is 0 Å². The van der Waals surface area contributed by atoms with E-state index in [2.05, 4.69) is 33.3 Å². The zero-order valence-corrected chi connectivity index (χ0v) is 10.2. The van der Waals surface area contributed by atoms with Crippen molar-refractivity contribution in [2.24, 2.45) is 0 Å². The third kappa shape index (κ3) is 1.76. The van der Waals surface area contributed by atoms with Crippen molar-refractivity contribution in [1.29, 1.82) is 0 Å². The standard InChI is InChI=1S/C12H17N5/c1-9-4-3-6-17-11(9)14-12(15-17)16-7-5-10(8-16)13-2/h3-4,6,10,13H,5,7-8H2,1-2H3. The quantitative estimate of drug-likeness (QED) is 0.832. The number of fused-ring (bicyclic) bond motifs is 1. The van der Waals surface area contributed by atoms with E-state index in [9.17, 15) is 0 Å². The summed E-state index contributed by atoms with van der Waals surface area (Å²) < 4.78 is 1.86. The first-order chi connectivity index (χ1) is 8.28. The Labute approximate surface area is 100 Å². The monoisotopic (exact) mass is 231 g/mol. The Morgan fingerprint density at radius 2 is 2.35 bits per heavy atom. The molecule has 1 unspecified atom stereocenters. The molecule has 1 saturated heterocycles. The summed E-state index contributed by atoms with van der Waals surface area (Å²) in [6.07, 6.45) is 3.11. The Kier molecular flexibility index (Phi) is 2.48. The molecular formula is C12H17N5. The lowest BCUT2D eigenvalue weighted by Crippen LogP contribution is -2.29. The summed E-state index contributed by atoms with van der Waals surface area (Å²) in [6, 6.07) is 4.62. The van der Waals surface area contributed by atoms with Gasteiger partial charge >= 0.3 is 0 Å². The fourth-order valence-corrected chi connectivity index (χ4v) is 2.34. The van der Waals surface area contributed by atoms with Crippen LogP contribution in [0.15, 0.2) is 18.3 Å². The van der Waals surface area contributed by atoms with Crippen LogP contribution in [0.3, 0.4) is 0 Å². The highest BCUT2D eigenvalue weighted by Gasteiger charge is 2.24. The summed E-state index contributed by atoms with van der Waals surface area (Å²) in [4.78, 5) is 6.86. The van der Waals surface area contributed by atoms with Crippen LogP contribution in [0.4, 0.5) is 5.95 Å². The largest absolute Gasteiger partial charge is 0.338 e. The normalized spacial score (nSPS) is 20.4. The number of likely N-dealkylation sites (N-methyl/N-ethyl adjacent to an activating group) is 1. The third-order valence-electron chi connectivity index (χ3n) is 3.43. The molecule has 0 saturated carbocycles. The second-order valence-corrected chi connectivity index (χ2v) is 4.59. The molecule has 1 atom stereocenters. The van der Waals surface area contributed by atoms with Gasteiger partial charge in [0.05, 0.1) is 0 Å². The highest BCUT2D eigenvalue weighted by atomic mass is 15.4. The van der Waals surface area contributed by atoms with Crippen LogP contribution in [0.25, 0.3) is 5.65 Å². The maximum absolute atomic E-state index is 4.61. The summed E-state index contributed by atoms with van der Waals surface area (Å²) in [6.45, 7) is 4.09. The molecule has 2 aromatic heterocycles. The van der Waals surface area contributed by atoms with E-state index in [-0.39, 0.29) is 0 Å². The maximum atomic E-state index is 4.61. The lowest BCUT2D eigenvalue weighted by Gasteiger charge is -2.12. The van der Waals surface area contributed by atoms with Gasteiger partial charge in [-0.15, -0.1) is 5.10 Å². The molecule has 0 amide bonds. The zero-order valence-electron chi connectivity index (χ0n) is 10.2. The molecular weight excluding hydrogens is 214 g/mol. The summed E-state index contributed by atoms with van der Waals surface area (Å²) >= 11 is 0. The van der Waals surface area contributed by atoms with Gasteiger partial charge in [-0.1, -0.05) is 6.07 Å². The number of hydrogen-bond acceptors (Lipinski definition) is 4. The first-order valence-corrected chi connectivity index (χ1v) is 6.02. The Hall–Kier alpha value is -1.62. The van der Waals surface area contributed by atoms with Crippen LogP contribution in [0, 0.1) is 6.92 Å². The van der Waals surface area contributed by atoms with E-state index in [1.54, 1.807) is 0 Å². The molecule has 5 nitrogen and oxygen atoms in total. The van der Waals surface area contributed by atoms with Crippen molar-refractivity contribution in [3.05, 3.63) is 23.9 Å². The van der Waals surface area contributed by atoms with Gasteiger partial charge in [0.1, 0.15) is 0 Å². The highest BCUT2D eigenvalue weighted by molar-refractivity contribution is 5.50. The van der Waals surface area contributed by atoms with Gasteiger partial charge in [-0.2, -0.15) is 4.98 Å². The molecule has 0 aromatic carbocycles. The van der Waals surface area contributed by atoms with Crippen LogP contribution < -0.4 is 10.2 Å². The molecule has 1 aliphatic rings. The van der Waals surface area contributed by atoms with Gasteiger partial charge < -0.3 is 10.2 Å². The van der Waals surface area contributed by atoms with Crippen LogP contribution in [-0.2, 0) is 0 Å². The molecule has 90 valence electrons. The highest BCUT2D eigenvalue weighted by Crippen LogP contribution is 2.18. The number of rotatable bonds is 2. The second kappa shape index (κ2) is 4.00. The van der Waals surface area contributed by atoms with Gasteiger partial charge in [0, 0.05) is 25.3 Å². The molecule has 17 heavy (non-hydrogen) atoms. The Balaban J connectivity index is 1.94. The van der Waals surface area contributed by atoms with Crippen molar-refractivity contribution in [2.75, 3.05) is 25.0 Å². The van der Waals surface area contributed by atoms with Crippen LogP contribution >= 0.6 is 0 Å².